The van der Waals surface area contributed by atoms with E-state index in [4.69, 9.17) is 42.7 Å². The predicted octanol–water partition coefficient (Wildman–Crippen LogP) is 15.6. The van der Waals surface area contributed by atoms with Crippen molar-refractivity contribution in [1.82, 2.24) is 0 Å². The quantitative estimate of drug-likeness (QED) is 0.102. The van der Waals surface area contributed by atoms with Crippen molar-refractivity contribution in [2.75, 3.05) is 33.8 Å². The van der Waals surface area contributed by atoms with E-state index in [0.29, 0.717) is 0 Å². The van der Waals surface area contributed by atoms with E-state index < -0.39 is 16.9 Å². The summed E-state index contributed by atoms with van der Waals surface area (Å²) >= 11 is 0. The molecule has 6 aromatic rings. The summed E-state index contributed by atoms with van der Waals surface area (Å²) in [6.45, 7) is 0. The van der Waals surface area contributed by atoms with Gasteiger partial charge in [-0.05, 0) is 133 Å². The van der Waals surface area contributed by atoms with Gasteiger partial charge in [-0.2, -0.15) is 0 Å². The van der Waals surface area contributed by atoms with Crippen LogP contribution in [0.25, 0.3) is 11.1 Å². The van der Waals surface area contributed by atoms with Crippen molar-refractivity contribution in [3.63, 3.8) is 0 Å². The Balaban J connectivity index is 1.21. The zero-order valence-electron chi connectivity index (χ0n) is 29.5. The van der Waals surface area contributed by atoms with Crippen LogP contribution < -0.4 is 9.80 Å². The maximum absolute atomic E-state index is 6.28. The highest BCUT2D eigenvalue weighted by molar-refractivity contribution is 8.65. The van der Waals surface area contributed by atoms with Crippen molar-refractivity contribution in [2.45, 2.75) is 25.7 Å². The molecule has 6 aromatic carbocycles. The average molecular weight is 807 g/mol. The van der Waals surface area contributed by atoms with Gasteiger partial charge in [0.15, 0.2) is 0 Å². The smallest absolute Gasteiger partial charge is 0.0462 e. The molecule has 0 aromatic heterocycles. The van der Waals surface area contributed by atoms with Crippen LogP contribution in [-0.2, 0) is 12.8 Å². The first kappa shape index (κ1) is 38.5. The molecular weight excluding hydrogens is 762 g/mol. The Kier molecular flexibility index (Phi) is 13.1. The molecule has 52 heavy (non-hydrogen) atoms. The zero-order chi connectivity index (χ0) is 36.6. The van der Waals surface area contributed by atoms with Crippen LogP contribution in [0.15, 0.2) is 158 Å². The molecule has 0 bridgehead atoms. The Morgan fingerprint density at radius 2 is 0.635 bits per heavy atom. The lowest BCUT2D eigenvalue weighted by Gasteiger charge is -2.26. The molecule has 0 aliphatic carbocycles. The van der Waals surface area contributed by atoms with E-state index in [0.717, 1.165) is 82.4 Å². The largest absolute Gasteiger partial charge is 0.311 e. The Labute approximate surface area is 331 Å². The standard InChI is InChI=1S/C44H44Cl4N2S2/c1-51(45,46)33-9-11-35-17-25-41(26-18-35)49(39-13-5-3-6-14-39)43-29-21-37(22-30-43)38-23-31-44(32-24-38)50(40-15-7-4-8-16-40)42-27-19-36(20-28-42)12-10-34-52(2,47)48/h3-8,13-32H,9-12,33-34H2,1-2H3. The van der Waals surface area contributed by atoms with Crippen LogP contribution in [0.3, 0.4) is 0 Å². The van der Waals surface area contributed by atoms with Crippen molar-refractivity contribution in [3.8, 4) is 11.1 Å². The molecule has 0 fully saturated rings. The zero-order valence-corrected chi connectivity index (χ0v) is 34.1. The lowest BCUT2D eigenvalue weighted by molar-refractivity contribution is 0.932. The van der Waals surface area contributed by atoms with Gasteiger partial charge in [0.25, 0.3) is 0 Å². The second-order valence-electron chi connectivity index (χ2n) is 13.1. The number of para-hydroxylation sites is 2. The highest BCUT2D eigenvalue weighted by atomic mass is 36.0. The number of aryl methyl sites for hydroxylation is 2. The molecule has 0 unspecified atom stereocenters. The van der Waals surface area contributed by atoms with Gasteiger partial charge in [0.05, 0.1) is 0 Å². The molecule has 0 aliphatic rings. The van der Waals surface area contributed by atoms with E-state index in [1.165, 1.54) is 11.1 Å². The maximum atomic E-state index is 6.28. The van der Waals surface area contributed by atoms with Crippen LogP contribution in [-0.4, -0.2) is 24.0 Å². The van der Waals surface area contributed by atoms with E-state index in [9.17, 15) is 0 Å². The summed E-state index contributed by atoms with van der Waals surface area (Å²) in [4.78, 5) is 4.60. The maximum Gasteiger partial charge on any atom is 0.0462 e. The minimum atomic E-state index is -1.52. The molecule has 0 saturated carbocycles. The van der Waals surface area contributed by atoms with Crippen LogP contribution in [0.1, 0.15) is 24.0 Å². The van der Waals surface area contributed by atoms with Gasteiger partial charge in [-0.25, -0.2) is 0 Å². The van der Waals surface area contributed by atoms with Gasteiger partial charge in [-0.15, -0.1) is 0 Å². The van der Waals surface area contributed by atoms with Crippen LogP contribution in [0.5, 0.6) is 0 Å². The van der Waals surface area contributed by atoms with Crippen LogP contribution >= 0.6 is 59.6 Å². The third kappa shape index (κ3) is 10.9. The van der Waals surface area contributed by atoms with Crippen LogP contribution in [0.4, 0.5) is 34.1 Å². The minimum Gasteiger partial charge on any atom is -0.311 e. The second kappa shape index (κ2) is 17.7. The molecule has 0 radical (unpaired) electrons. The van der Waals surface area contributed by atoms with E-state index in [-0.39, 0.29) is 0 Å². The average Bonchev–Trinajstić information content (AvgIpc) is 3.14. The number of hydrogen-bond donors (Lipinski definition) is 0. The van der Waals surface area contributed by atoms with Gasteiger partial charge in [0.2, 0.25) is 0 Å². The van der Waals surface area contributed by atoms with Gasteiger partial charge in [0, 0.05) is 45.6 Å². The summed E-state index contributed by atoms with van der Waals surface area (Å²) in [6.07, 6.45) is 7.74. The lowest BCUT2D eigenvalue weighted by Crippen LogP contribution is -2.10. The molecule has 0 N–H and O–H groups in total. The molecule has 0 spiro atoms. The summed E-state index contributed by atoms with van der Waals surface area (Å²) < 4.78 is 0. The topological polar surface area (TPSA) is 6.48 Å². The van der Waals surface area contributed by atoms with Crippen molar-refractivity contribution in [2.24, 2.45) is 0 Å². The first-order valence-corrected chi connectivity index (χ1v) is 25.1. The summed E-state index contributed by atoms with van der Waals surface area (Å²) in [6, 6.07) is 56.3. The number of nitrogens with zero attached hydrogens (tertiary/aromatic N) is 2. The number of hydrogen-bond acceptors (Lipinski definition) is 2. The first-order chi connectivity index (χ1) is 25.0. The van der Waals surface area contributed by atoms with Crippen molar-refractivity contribution in [1.29, 1.82) is 0 Å². The van der Waals surface area contributed by atoms with Gasteiger partial charge >= 0.3 is 0 Å². The molecule has 8 heteroatoms. The molecule has 0 atom stereocenters. The number of benzene rings is 6. The van der Waals surface area contributed by atoms with E-state index in [1.54, 1.807) is 0 Å². The number of halogens is 4. The van der Waals surface area contributed by atoms with E-state index in [2.05, 4.69) is 168 Å². The second-order valence-corrected chi connectivity index (χ2v) is 26.6. The molecule has 6 rings (SSSR count). The highest BCUT2D eigenvalue weighted by Crippen LogP contribution is 2.55. The Morgan fingerprint density at radius 1 is 0.365 bits per heavy atom. The third-order valence-electron chi connectivity index (χ3n) is 8.94. The summed E-state index contributed by atoms with van der Waals surface area (Å²) in [5.74, 6) is 1.68. The van der Waals surface area contributed by atoms with Crippen molar-refractivity contribution >= 4 is 93.8 Å². The molecule has 270 valence electrons. The Hall–Kier alpha value is -3.22. The van der Waals surface area contributed by atoms with Crippen molar-refractivity contribution in [3.05, 3.63) is 169 Å². The van der Waals surface area contributed by atoms with Crippen LogP contribution in [0, 0.1) is 0 Å². The van der Waals surface area contributed by atoms with E-state index >= 15 is 0 Å². The molecule has 2 nitrogen and oxygen atoms in total. The minimum absolute atomic E-state index is 0.842. The third-order valence-corrected chi connectivity index (χ3v) is 12.8. The van der Waals surface area contributed by atoms with Gasteiger partial charge in [0.1, 0.15) is 0 Å². The Morgan fingerprint density at radius 3 is 0.923 bits per heavy atom. The van der Waals surface area contributed by atoms with Crippen LogP contribution in [0.2, 0.25) is 0 Å². The lowest BCUT2D eigenvalue weighted by atomic mass is 10.0. The number of anilines is 6. The predicted molar refractivity (Wildman–Crippen MR) is 238 cm³/mol. The molecule has 0 heterocycles. The van der Waals surface area contributed by atoms with E-state index in [1.807, 2.05) is 12.5 Å². The van der Waals surface area contributed by atoms with Gasteiger partial charge in [-0.3, -0.25) is 0 Å². The summed E-state index contributed by atoms with van der Waals surface area (Å²) in [5, 5.41) is 0. The fourth-order valence-corrected chi connectivity index (χ4v) is 8.95. The normalized spacial score (nSPS) is 12.3. The van der Waals surface area contributed by atoms with Gasteiger partial charge < -0.3 is 9.80 Å². The molecule has 0 amide bonds. The number of rotatable bonds is 15. The first-order valence-electron chi connectivity index (χ1n) is 17.4. The fraction of sp³-hybridized carbons (Fsp3) is 0.182. The fourth-order valence-electron chi connectivity index (χ4n) is 6.34. The SMILES string of the molecule is CS(Cl)(Cl)CCCc1ccc(N(c2ccccc2)c2ccc(-c3ccc(N(c4ccccc4)c4ccc(CCCS(C)(Cl)Cl)cc4)cc3)cc2)cc1. The molecular formula is C44H44Cl4N2S2. The monoisotopic (exact) mass is 804 g/mol. The summed E-state index contributed by atoms with van der Waals surface area (Å²) in [5.41, 5.74) is 11.5. The Bertz CT molecular complexity index is 1830. The van der Waals surface area contributed by atoms with Crippen molar-refractivity contribution < 1.29 is 0 Å². The molecule has 0 aliphatic heterocycles. The highest BCUT2D eigenvalue weighted by Gasteiger charge is 2.16. The van der Waals surface area contributed by atoms with Gasteiger partial charge in [-0.1, -0.05) is 145 Å². The summed E-state index contributed by atoms with van der Waals surface area (Å²) in [7, 11) is 22.1. The molecule has 0 saturated heterocycles.